The molecule has 12 heavy (non-hydrogen) atoms. The molecule has 0 aromatic rings. The number of carbonyl (C=O) groups is 1. The van der Waals surface area contributed by atoms with Crippen molar-refractivity contribution in [2.75, 3.05) is 6.61 Å². The highest BCUT2D eigenvalue weighted by molar-refractivity contribution is 5.70. The Morgan fingerprint density at radius 1 is 1.42 bits per heavy atom. The summed E-state index contributed by atoms with van der Waals surface area (Å²) in [6, 6.07) is 0. The molecule has 0 rings (SSSR count). The molecule has 0 spiro atoms. The van der Waals surface area contributed by atoms with Crippen molar-refractivity contribution in [2.24, 2.45) is 11.8 Å². The Bertz CT molecular complexity index is 134. The zero-order valence-electron chi connectivity index (χ0n) is 7.79. The Hall–Kier alpha value is -0.570. The van der Waals surface area contributed by atoms with Crippen molar-refractivity contribution in [3.8, 4) is 0 Å². The van der Waals surface area contributed by atoms with E-state index in [0.29, 0.717) is 6.42 Å². The Balaban J connectivity index is 4.12. The van der Waals surface area contributed by atoms with Gasteiger partial charge in [0.1, 0.15) is 0 Å². The third kappa shape index (κ3) is 3.22. The summed E-state index contributed by atoms with van der Waals surface area (Å²) < 4.78 is 0. The van der Waals surface area contributed by atoms with Gasteiger partial charge in [0.15, 0.2) is 0 Å². The zero-order valence-corrected chi connectivity index (χ0v) is 7.79. The lowest BCUT2D eigenvalue weighted by Crippen LogP contribution is -2.25. The quantitative estimate of drug-likeness (QED) is 0.641. The van der Waals surface area contributed by atoms with E-state index in [1.165, 1.54) is 0 Å². The van der Waals surface area contributed by atoms with Gasteiger partial charge in [-0.05, 0) is 18.8 Å². The predicted molar refractivity (Wildman–Crippen MR) is 46.9 cm³/mol. The topological polar surface area (TPSA) is 57.5 Å². The molecule has 0 aromatic carbocycles. The Kier molecular flexibility index (Phi) is 5.72. The average molecular weight is 174 g/mol. The molecule has 72 valence electrons. The molecular weight excluding hydrogens is 156 g/mol. The van der Waals surface area contributed by atoms with Crippen LogP contribution in [0.4, 0.5) is 0 Å². The summed E-state index contributed by atoms with van der Waals surface area (Å²) in [4.78, 5) is 10.7. The maximum Gasteiger partial charge on any atom is 0.306 e. The van der Waals surface area contributed by atoms with E-state index < -0.39 is 5.97 Å². The normalized spacial score (nSPS) is 15.6. The van der Waals surface area contributed by atoms with Crippen LogP contribution >= 0.6 is 0 Å². The van der Waals surface area contributed by atoms with E-state index in [1.807, 2.05) is 13.8 Å². The molecule has 0 saturated carbocycles. The SMILES string of the molecule is CCCC(CO)C(CC)C(=O)O. The summed E-state index contributed by atoms with van der Waals surface area (Å²) >= 11 is 0. The molecule has 2 unspecified atom stereocenters. The van der Waals surface area contributed by atoms with Crippen LogP contribution in [-0.4, -0.2) is 22.8 Å². The van der Waals surface area contributed by atoms with Gasteiger partial charge in [0.2, 0.25) is 0 Å². The Morgan fingerprint density at radius 2 is 2.00 bits per heavy atom. The number of carboxylic acids is 1. The maximum atomic E-state index is 10.7. The molecule has 3 heteroatoms. The smallest absolute Gasteiger partial charge is 0.306 e. The van der Waals surface area contributed by atoms with Crippen molar-refractivity contribution < 1.29 is 15.0 Å². The van der Waals surface area contributed by atoms with Gasteiger partial charge in [0.25, 0.3) is 0 Å². The predicted octanol–water partition coefficient (Wildman–Crippen LogP) is 1.51. The van der Waals surface area contributed by atoms with Crippen LogP contribution in [0.25, 0.3) is 0 Å². The molecular formula is C9H18O3. The summed E-state index contributed by atoms with van der Waals surface area (Å²) in [5, 5.41) is 17.7. The summed E-state index contributed by atoms with van der Waals surface area (Å²) in [7, 11) is 0. The van der Waals surface area contributed by atoms with E-state index in [-0.39, 0.29) is 18.4 Å². The fraction of sp³-hybridized carbons (Fsp3) is 0.889. The molecule has 0 aromatic heterocycles. The van der Waals surface area contributed by atoms with Crippen molar-refractivity contribution >= 4 is 5.97 Å². The molecule has 0 bridgehead atoms. The van der Waals surface area contributed by atoms with Gasteiger partial charge in [-0.1, -0.05) is 20.3 Å². The van der Waals surface area contributed by atoms with Crippen LogP contribution in [0.15, 0.2) is 0 Å². The number of hydrogen-bond acceptors (Lipinski definition) is 2. The van der Waals surface area contributed by atoms with Crippen LogP contribution in [0.2, 0.25) is 0 Å². The lowest BCUT2D eigenvalue weighted by molar-refractivity contribution is -0.144. The molecule has 3 nitrogen and oxygen atoms in total. The van der Waals surface area contributed by atoms with Crippen molar-refractivity contribution in [1.29, 1.82) is 0 Å². The number of aliphatic carboxylic acids is 1. The van der Waals surface area contributed by atoms with E-state index in [9.17, 15) is 4.79 Å². The van der Waals surface area contributed by atoms with Crippen LogP contribution in [0.5, 0.6) is 0 Å². The zero-order chi connectivity index (χ0) is 9.56. The van der Waals surface area contributed by atoms with Gasteiger partial charge in [-0.15, -0.1) is 0 Å². The number of aliphatic hydroxyl groups excluding tert-OH is 1. The lowest BCUT2D eigenvalue weighted by Gasteiger charge is -2.19. The molecule has 0 aliphatic heterocycles. The third-order valence-corrected chi connectivity index (χ3v) is 2.22. The second-order valence-corrected chi connectivity index (χ2v) is 3.08. The molecule has 0 saturated heterocycles. The first-order valence-corrected chi connectivity index (χ1v) is 4.50. The Morgan fingerprint density at radius 3 is 2.25 bits per heavy atom. The van der Waals surface area contributed by atoms with E-state index >= 15 is 0 Å². The molecule has 0 fully saturated rings. The summed E-state index contributed by atoms with van der Waals surface area (Å²) in [6.45, 7) is 3.83. The number of aliphatic hydroxyl groups is 1. The lowest BCUT2D eigenvalue weighted by atomic mass is 9.87. The second kappa shape index (κ2) is 6.00. The molecule has 0 heterocycles. The molecule has 2 N–H and O–H groups in total. The molecule has 0 radical (unpaired) electrons. The summed E-state index contributed by atoms with van der Waals surface area (Å²) in [5.74, 6) is -1.24. The van der Waals surface area contributed by atoms with E-state index in [0.717, 1.165) is 12.8 Å². The maximum absolute atomic E-state index is 10.7. The van der Waals surface area contributed by atoms with Gasteiger partial charge in [-0.2, -0.15) is 0 Å². The summed E-state index contributed by atoms with van der Waals surface area (Å²) in [5.41, 5.74) is 0. The number of rotatable bonds is 6. The van der Waals surface area contributed by atoms with Crippen molar-refractivity contribution in [2.45, 2.75) is 33.1 Å². The van der Waals surface area contributed by atoms with Crippen LogP contribution in [0, 0.1) is 11.8 Å². The van der Waals surface area contributed by atoms with Gasteiger partial charge < -0.3 is 10.2 Å². The van der Waals surface area contributed by atoms with Crippen molar-refractivity contribution in [3.05, 3.63) is 0 Å². The largest absolute Gasteiger partial charge is 0.481 e. The third-order valence-electron chi connectivity index (χ3n) is 2.22. The number of hydrogen-bond donors (Lipinski definition) is 2. The minimum Gasteiger partial charge on any atom is -0.481 e. The first-order valence-electron chi connectivity index (χ1n) is 4.50. The van der Waals surface area contributed by atoms with Crippen LogP contribution in [0.1, 0.15) is 33.1 Å². The van der Waals surface area contributed by atoms with Crippen LogP contribution in [-0.2, 0) is 4.79 Å². The fourth-order valence-electron chi connectivity index (χ4n) is 1.50. The summed E-state index contributed by atoms with van der Waals surface area (Å²) in [6.07, 6.45) is 2.32. The Labute approximate surface area is 73.4 Å². The highest BCUT2D eigenvalue weighted by Crippen LogP contribution is 2.20. The molecule has 0 aliphatic rings. The first-order chi connectivity index (χ1) is 5.67. The second-order valence-electron chi connectivity index (χ2n) is 3.08. The minimum atomic E-state index is -0.787. The fourth-order valence-corrected chi connectivity index (χ4v) is 1.50. The highest BCUT2D eigenvalue weighted by atomic mass is 16.4. The first kappa shape index (κ1) is 11.4. The standard InChI is InChI=1S/C9H18O3/c1-3-5-7(6-10)8(4-2)9(11)12/h7-8,10H,3-6H2,1-2H3,(H,11,12). The van der Waals surface area contributed by atoms with Gasteiger partial charge >= 0.3 is 5.97 Å². The van der Waals surface area contributed by atoms with Crippen LogP contribution in [0.3, 0.4) is 0 Å². The van der Waals surface area contributed by atoms with E-state index in [2.05, 4.69) is 0 Å². The van der Waals surface area contributed by atoms with Crippen molar-refractivity contribution in [3.63, 3.8) is 0 Å². The monoisotopic (exact) mass is 174 g/mol. The van der Waals surface area contributed by atoms with Gasteiger partial charge in [0.05, 0.1) is 5.92 Å². The van der Waals surface area contributed by atoms with E-state index in [4.69, 9.17) is 10.2 Å². The van der Waals surface area contributed by atoms with E-state index in [1.54, 1.807) is 0 Å². The van der Waals surface area contributed by atoms with Crippen molar-refractivity contribution in [1.82, 2.24) is 0 Å². The average Bonchev–Trinajstić information content (AvgIpc) is 2.03. The molecule has 0 aliphatic carbocycles. The van der Waals surface area contributed by atoms with Gasteiger partial charge in [-0.3, -0.25) is 4.79 Å². The van der Waals surface area contributed by atoms with Gasteiger partial charge in [-0.25, -0.2) is 0 Å². The number of carboxylic acid groups (broad SMARTS) is 1. The van der Waals surface area contributed by atoms with Crippen LogP contribution < -0.4 is 0 Å². The molecule has 0 amide bonds. The molecule has 2 atom stereocenters. The minimum absolute atomic E-state index is 0.0152. The van der Waals surface area contributed by atoms with Gasteiger partial charge in [0, 0.05) is 6.61 Å². The highest BCUT2D eigenvalue weighted by Gasteiger charge is 2.24.